The first-order valence-electron chi connectivity index (χ1n) is 14.1. The van der Waals surface area contributed by atoms with Crippen molar-refractivity contribution in [1.29, 1.82) is 0 Å². The van der Waals surface area contributed by atoms with E-state index in [4.69, 9.17) is 9.73 Å². The zero-order chi connectivity index (χ0) is 26.0. The Balaban J connectivity index is 1.86. The highest BCUT2D eigenvalue weighted by Crippen LogP contribution is 2.29. The number of guanidine groups is 1. The molecule has 2 aliphatic heterocycles. The van der Waals surface area contributed by atoms with Crippen molar-refractivity contribution in [1.82, 2.24) is 30.7 Å². The van der Waals surface area contributed by atoms with Crippen LogP contribution >= 0.6 is 0 Å². The predicted molar refractivity (Wildman–Crippen MR) is 143 cm³/mol. The zero-order valence-electron chi connectivity index (χ0n) is 23.0. The Hall–Kier alpha value is -1.91. The second kappa shape index (κ2) is 14.1. The number of ether oxygens (including phenoxy) is 1. The summed E-state index contributed by atoms with van der Waals surface area (Å²) in [6, 6.07) is -0.725. The minimum atomic E-state index is -0.548. The van der Waals surface area contributed by atoms with Gasteiger partial charge >= 0.3 is 6.03 Å². The van der Waals surface area contributed by atoms with Crippen LogP contribution in [0, 0.1) is 5.92 Å². The normalized spacial score (nSPS) is 22.7. The number of likely N-dealkylation sites (tertiary alicyclic amines) is 1. The van der Waals surface area contributed by atoms with Gasteiger partial charge in [-0.05, 0) is 53.1 Å². The van der Waals surface area contributed by atoms with Crippen LogP contribution in [0.5, 0.6) is 0 Å². The average Bonchev–Trinajstić information content (AvgIpc) is 2.91. The van der Waals surface area contributed by atoms with Crippen molar-refractivity contribution < 1.29 is 14.3 Å². The number of carbonyl (C=O) groups excluding carboxylic acids is 2. The van der Waals surface area contributed by atoms with E-state index in [2.05, 4.69) is 32.8 Å². The van der Waals surface area contributed by atoms with E-state index in [1.807, 2.05) is 20.9 Å². The zero-order valence-corrected chi connectivity index (χ0v) is 23.0. The van der Waals surface area contributed by atoms with Crippen LogP contribution in [0.25, 0.3) is 0 Å². The van der Waals surface area contributed by atoms with E-state index in [1.54, 1.807) is 4.90 Å². The molecule has 0 aromatic carbocycles. The molecule has 10 nitrogen and oxygen atoms in total. The highest BCUT2D eigenvalue weighted by atomic mass is 16.5. The minimum absolute atomic E-state index is 0.0534. The summed E-state index contributed by atoms with van der Waals surface area (Å²) < 4.78 is 5.54. The summed E-state index contributed by atoms with van der Waals surface area (Å²) in [7, 11) is 4.04. The van der Waals surface area contributed by atoms with Gasteiger partial charge in [-0.15, -0.1) is 0 Å². The molecule has 3 rings (SSSR count). The summed E-state index contributed by atoms with van der Waals surface area (Å²) in [6.07, 6.45) is 8.38. The van der Waals surface area contributed by atoms with Crippen LogP contribution in [0.4, 0.5) is 4.79 Å². The first-order chi connectivity index (χ1) is 17.4. The summed E-state index contributed by atoms with van der Waals surface area (Å²) in [5.74, 6) is 0.918. The molecule has 0 radical (unpaired) electrons. The highest BCUT2D eigenvalue weighted by Gasteiger charge is 2.36. The van der Waals surface area contributed by atoms with Crippen LogP contribution in [-0.4, -0.2) is 111 Å². The monoisotopic (exact) mass is 507 g/mol. The average molecular weight is 508 g/mol. The minimum Gasteiger partial charge on any atom is -0.378 e. The maximum absolute atomic E-state index is 13.8. The van der Waals surface area contributed by atoms with E-state index in [-0.39, 0.29) is 11.9 Å². The molecule has 3 fully saturated rings. The summed E-state index contributed by atoms with van der Waals surface area (Å²) in [5.41, 5.74) is -0.423. The second-order valence-electron chi connectivity index (χ2n) is 10.5. The maximum atomic E-state index is 13.8. The molecule has 3 N–H and O–H groups in total. The Labute approximate surface area is 217 Å². The highest BCUT2D eigenvalue weighted by molar-refractivity contribution is 5.97. The third kappa shape index (κ3) is 8.05. The number of morpholine rings is 1. The molecule has 0 unspecified atom stereocenters. The second-order valence-corrected chi connectivity index (χ2v) is 10.5. The number of hydrogen-bond acceptors (Lipinski definition) is 6. The van der Waals surface area contributed by atoms with Crippen LogP contribution in [0.3, 0.4) is 0 Å². The van der Waals surface area contributed by atoms with Gasteiger partial charge in [-0.2, -0.15) is 0 Å². The van der Waals surface area contributed by atoms with Crippen molar-refractivity contribution in [2.45, 2.75) is 76.9 Å². The molecular weight excluding hydrogens is 458 g/mol. The lowest BCUT2D eigenvalue weighted by molar-refractivity contribution is -0.125. The van der Waals surface area contributed by atoms with Gasteiger partial charge in [0.05, 0.1) is 18.9 Å². The molecule has 1 atom stereocenters. The molecule has 1 saturated carbocycles. The molecule has 206 valence electrons. The fraction of sp³-hybridized carbons (Fsp3) is 0.885. The molecule has 3 aliphatic rings. The van der Waals surface area contributed by atoms with Crippen molar-refractivity contribution in [3.8, 4) is 0 Å². The van der Waals surface area contributed by atoms with Crippen molar-refractivity contribution in [2.24, 2.45) is 10.9 Å². The quantitative estimate of drug-likeness (QED) is 0.263. The summed E-state index contributed by atoms with van der Waals surface area (Å²) in [6.45, 7) is 9.45. The van der Waals surface area contributed by atoms with Gasteiger partial charge in [-0.3, -0.25) is 15.4 Å². The first kappa shape index (κ1) is 28.7. The number of aliphatic imine (C=N–C) groups is 1. The van der Waals surface area contributed by atoms with Crippen LogP contribution in [0.2, 0.25) is 0 Å². The molecule has 0 aromatic heterocycles. The van der Waals surface area contributed by atoms with Gasteiger partial charge in [0.25, 0.3) is 0 Å². The van der Waals surface area contributed by atoms with E-state index in [1.165, 1.54) is 19.3 Å². The number of nitrogens with one attached hydrogen (secondary N) is 3. The van der Waals surface area contributed by atoms with Crippen molar-refractivity contribution in [3.05, 3.63) is 0 Å². The van der Waals surface area contributed by atoms with Gasteiger partial charge in [0, 0.05) is 39.3 Å². The SMILES string of the molecule is CCN(CC)C(=O)NC(=N[C@@H](CC1CCCCC1)C(=O)NC1(NC)CCN(C)CC1)N1CCOCC1. The predicted octanol–water partition coefficient (Wildman–Crippen LogP) is 1.82. The Kier molecular flexibility index (Phi) is 11.3. The number of rotatable bonds is 8. The van der Waals surface area contributed by atoms with Crippen molar-refractivity contribution in [3.63, 3.8) is 0 Å². The topological polar surface area (TPSA) is 102 Å². The number of piperidine rings is 1. The van der Waals surface area contributed by atoms with Gasteiger partial charge in [0.15, 0.2) is 0 Å². The molecule has 36 heavy (non-hydrogen) atoms. The molecule has 0 spiro atoms. The van der Waals surface area contributed by atoms with E-state index < -0.39 is 11.7 Å². The lowest BCUT2D eigenvalue weighted by Gasteiger charge is -2.42. The van der Waals surface area contributed by atoms with Crippen LogP contribution in [-0.2, 0) is 9.53 Å². The molecule has 2 saturated heterocycles. The fourth-order valence-electron chi connectivity index (χ4n) is 5.52. The molecule has 0 aromatic rings. The Morgan fingerprint density at radius 3 is 2.28 bits per heavy atom. The number of urea groups is 1. The van der Waals surface area contributed by atoms with Crippen LogP contribution in [0.1, 0.15) is 65.2 Å². The van der Waals surface area contributed by atoms with Crippen LogP contribution in [0.15, 0.2) is 4.99 Å². The third-order valence-corrected chi connectivity index (χ3v) is 8.12. The summed E-state index contributed by atoms with van der Waals surface area (Å²) in [4.78, 5) is 37.9. The largest absolute Gasteiger partial charge is 0.378 e. The lowest BCUT2D eigenvalue weighted by Crippen LogP contribution is -2.63. The number of amides is 3. The fourth-order valence-corrected chi connectivity index (χ4v) is 5.52. The molecular formula is C26H49N7O3. The summed E-state index contributed by atoms with van der Waals surface area (Å²) in [5, 5.41) is 9.79. The van der Waals surface area contributed by atoms with Crippen molar-refractivity contribution in [2.75, 3.05) is 66.6 Å². The van der Waals surface area contributed by atoms with Crippen LogP contribution < -0.4 is 16.0 Å². The van der Waals surface area contributed by atoms with Gasteiger partial charge < -0.3 is 24.8 Å². The lowest BCUT2D eigenvalue weighted by atomic mass is 9.84. The molecule has 3 amide bonds. The Morgan fingerprint density at radius 2 is 1.69 bits per heavy atom. The molecule has 0 bridgehead atoms. The summed E-state index contributed by atoms with van der Waals surface area (Å²) >= 11 is 0. The molecule has 1 aliphatic carbocycles. The maximum Gasteiger partial charge on any atom is 0.324 e. The van der Waals surface area contributed by atoms with Gasteiger partial charge in [0.1, 0.15) is 6.04 Å². The third-order valence-electron chi connectivity index (χ3n) is 8.12. The Morgan fingerprint density at radius 1 is 1.06 bits per heavy atom. The smallest absolute Gasteiger partial charge is 0.324 e. The first-order valence-corrected chi connectivity index (χ1v) is 14.1. The van der Waals surface area contributed by atoms with E-state index >= 15 is 0 Å². The number of hydrogen-bond donors (Lipinski definition) is 3. The van der Waals surface area contributed by atoms with E-state index in [0.29, 0.717) is 57.7 Å². The number of carbonyl (C=O) groups is 2. The Bertz CT molecular complexity index is 723. The van der Waals surface area contributed by atoms with E-state index in [9.17, 15) is 9.59 Å². The number of nitrogens with zero attached hydrogens (tertiary/aromatic N) is 4. The van der Waals surface area contributed by atoms with Gasteiger partial charge in [-0.1, -0.05) is 32.1 Å². The standard InChI is InChI=1S/C26H49N7O3/c1-5-32(6-2)25(35)29-24(33-16-18-36-19-17-33)28-22(20-21-10-8-7-9-11-21)23(34)30-26(27-3)12-14-31(4)15-13-26/h21-22,27H,5-20H2,1-4H3,(H,30,34)(H,28,29,35)/t22-/m0/s1. The van der Waals surface area contributed by atoms with E-state index in [0.717, 1.165) is 38.8 Å². The van der Waals surface area contributed by atoms with Gasteiger partial charge in [-0.25, -0.2) is 9.79 Å². The van der Waals surface area contributed by atoms with Gasteiger partial charge in [0.2, 0.25) is 11.9 Å². The molecule has 2 heterocycles. The molecule has 10 heteroatoms. The van der Waals surface area contributed by atoms with Crippen molar-refractivity contribution >= 4 is 17.9 Å².